The van der Waals surface area contributed by atoms with E-state index >= 15 is 0 Å². The zero-order valence-electron chi connectivity index (χ0n) is 18.6. The van der Waals surface area contributed by atoms with Crippen LogP contribution in [0, 0.1) is 0 Å². The number of carbonyl (C=O) groups excluding carboxylic acids is 2. The van der Waals surface area contributed by atoms with Crippen molar-refractivity contribution in [1.82, 2.24) is 4.90 Å². The minimum Gasteiger partial charge on any atom is -0.367 e. The molecule has 0 spiro atoms. The van der Waals surface area contributed by atoms with Crippen LogP contribution >= 0.6 is 11.6 Å². The number of carbonyl (C=O) groups is 2. The molecule has 1 aliphatic heterocycles. The predicted octanol–water partition coefficient (Wildman–Crippen LogP) is 5.71. The fraction of sp³-hybridized carbons (Fsp3) is 0.143. The van der Waals surface area contributed by atoms with Crippen molar-refractivity contribution in [2.24, 2.45) is 0 Å². The van der Waals surface area contributed by atoms with Gasteiger partial charge in [0.05, 0.1) is 10.7 Å². The maximum absolute atomic E-state index is 12.8. The average Bonchev–Trinajstić information content (AvgIpc) is 2.89. The van der Waals surface area contributed by atoms with Crippen LogP contribution in [0.15, 0.2) is 91.0 Å². The van der Waals surface area contributed by atoms with E-state index in [0.717, 1.165) is 16.5 Å². The third-order valence-electron chi connectivity index (χ3n) is 6.15. The number of anilines is 2. The highest BCUT2D eigenvalue weighted by Gasteiger charge is 2.23. The normalized spacial score (nSPS) is 13.7. The largest absolute Gasteiger partial charge is 0.367 e. The first-order valence-electron chi connectivity index (χ1n) is 11.3. The van der Waals surface area contributed by atoms with E-state index < -0.39 is 0 Å². The van der Waals surface area contributed by atoms with Crippen molar-refractivity contribution in [2.75, 3.05) is 36.4 Å². The van der Waals surface area contributed by atoms with Crippen molar-refractivity contribution in [3.8, 4) is 0 Å². The maximum Gasteiger partial charge on any atom is 0.255 e. The molecule has 0 bridgehead atoms. The van der Waals surface area contributed by atoms with Crippen LogP contribution in [0.2, 0.25) is 5.02 Å². The molecule has 0 aliphatic carbocycles. The van der Waals surface area contributed by atoms with E-state index in [4.69, 9.17) is 11.6 Å². The van der Waals surface area contributed by atoms with Gasteiger partial charge in [-0.05, 0) is 53.2 Å². The van der Waals surface area contributed by atoms with Gasteiger partial charge in [0.15, 0.2) is 0 Å². The van der Waals surface area contributed by atoms with Gasteiger partial charge in [-0.25, -0.2) is 0 Å². The molecule has 6 heteroatoms. The molecule has 1 saturated heterocycles. The monoisotopic (exact) mass is 469 g/mol. The van der Waals surface area contributed by atoms with Crippen LogP contribution in [0.4, 0.5) is 11.4 Å². The number of benzene rings is 4. The Kier molecular flexibility index (Phi) is 6.19. The SMILES string of the molecule is O=C(Nc1ccc(N2CCN(C(=O)c3ccccc3)CC2)c(Cl)c1)c1ccc2ccccc2c1. The highest BCUT2D eigenvalue weighted by molar-refractivity contribution is 6.33. The Labute approximate surface area is 203 Å². The van der Waals surface area contributed by atoms with Crippen LogP contribution in [0.5, 0.6) is 0 Å². The Bertz CT molecular complexity index is 1350. The molecule has 5 nitrogen and oxygen atoms in total. The van der Waals surface area contributed by atoms with Gasteiger partial charge in [0.25, 0.3) is 11.8 Å². The number of rotatable bonds is 4. The van der Waals surface area contributed by atoms with Crippen molar-refractivity contribution in [3.05, 3.63) is 107 Å². The fourth-order valence-corrected chi connectivity index (χ4v) is 4.59. The van der Waals surface area contributed by atoms with E-state index in [0.29, 0.717) is 48.0 Å². The van der Waals surface area contributed by atoms with Gasteiger partial charge in [0.1, 0.15) is 0 Å². The van der Waals surface area contributed by atoms with Gasteiger partial charge in [-0.3, -0.25) is 9.59 Å². The fourth-order valence-electron chi connectivity index (χ4n) is 4.29. The predicted molar refractivity (Wildman–Crippen MR) is 138 cm³/mol. The summed E-state index contributed by atoms with van der Waals surface area (Å²) in [5.74, 6) is -0.124. The van der Waals surface area contributed by atoms with Crippen molar-refractivity contribution < 1.29 is 9.59 Å². The second-order valence-corrected chi connectivity index (χ2v) is 8.73. The molecule has 4 aromatic rings. The van der Waals surface area contributed by atoms with Gasteiger partial charge in [0, 0.05) is 43.0 Å². The summed E-state index contributed by atoms with van der Waals surface area (Å²) in [6.45, 7) is 2.65. The summed E-state index contributed by atoms with van der Waals surface area (Å²) < 4.78 is 0. The topological polar surface area (TPSA) is 52.7 Å². The van der Waals surface area contributed by atoms with Crippen LogP contribution < -0.4 is 10.2 Å². The smallest absolute Gasteiger partial charge is 0.255 e. The van der Waals surface area contributed by atoms with Crippen molar-refractivity contribution in [2.45, 2.75) is 0 Å². The summed E-state index contributed by atoms with van der Waals surface area (Å²) in [5.41, 5.74) is 2.85. The summed E-state index contributed by atoms with van der Waals surface area (Å²) in [6.07, 6.45) is 0. The number of fused-ring (bicyclic) bond motifs is 1. The molecular formula is C28H24ClN3O2. The lowest BCUT2D eigenvalue weighted by atomic mass is 10.1. The highest BCUT2D eigenvalue weighted by atomic mass is 35.5. The van der Waals surface area contributed by atoms with Crippen LogP contribution in [0.3, 0.4) is 0 Å². The summed E-state index contributed by atoms with van der Waals surface area (Å²) in [7, 11) is 0. The van der Waals surface area contributed by atoms with Crippen LogP contribution in [0.1, 0.15) is 20.7 Å². The molecule has 1 fully saturated rings. The zero-order valence-corrected chi connectivity index (χ0v) is 19.3. The number of piperazine rings is 1. The van der Waals surface area contributed by atoms with E-state index in [9.17, 15) is 9.59 Å². The number of halogens is 1. The van der Waals surface area contributed by atoms with Crippen molar-refractivity contribution >= 4 is 45.6 Å². The Balaban J connectivity index is 1.23. The first-order valence-corrected chi connectivity index (χ1v) is 11.7. The summed E-state index contributed by atoms with van der Waals surface area (Å²) in [4.78, 5) is 29.5. The van der Waals surface area contributed by atoms with E-state index in [1.807, 2.05) is 89.8 Å². The first kappa shape index (κ1) is 22.0. The average molecular weight is 470 g/mol. The third-order valence-corrected chi connectivity index (χ3v) is 6.45. The molecular weight excluding hydrogens is 446 g/mol. The molecule has 170 valence electrons. The number of nitrogens with zero attached hydrogens (tertiary/aromatic N) is 2. The van der Waals surface area contributed by atoms with Gasteiger partial charge in [0.2, 0.25) is 0 Å². The van der Waals surface area contributed by atoms with E-state index in [1.165, 1.54) is 0 Å². The molecule has 0 atom stereocenters. The Morgan fingerprint density at radius 3 is 2.15 bits per heavy atom. The summed E-state index contributed by atoms with van der Waals surface area (Å²) in [5, 5.41) is 5.62. The maximum atomic E-state index is 12.8. The van der Waals surface area contributed by atoms with Crippen molar-refractivity contribution in [1.29, 1.82) is 0 Å². The second kappa shape index (κ2) is 9.57. The van der Waals surface area contributed by atoms with Gasteiger partial charge in [-0.1, -0.05) is 60.1 Å². The molecule has 0 radical (unpaired) electrons. The first-order chi connectivity index (χ1) is 16.6. The van der Waals surface area contributed by atoms with E-state index in [-0.39, 0.29) is 11.8 Å². The molecule has 1 aliphatic rings. The molecule has 5 rings (SSSR count). The van der Waals surface area contributed by atoms with Gasteiger partial charge >= 0.3 is 0 Å². The lowest BCUT2D eigenvalue weighted by molar-refractivity contribution is 0.0746. The minimum absolute atomic E-state index is 0.0538. The Hall–Kier alpha value is -3.83. The quantitative estimate of drug-likeness (QED) is 0.416. The van der Waals surface area contributed by atoms with Crippen molar-refractivity contribution in [3.63, 3.8) is 0 Å². The summed E-state index contributed by atoms with van der Waals surface area (Å²) in [6, 6.07) is 28.5. The standard InChI is InChI=1S/C28H24ClN3O2/c29-25-19-24(30-27(33)23-11-10-20-6-4-5-9-22(20)18-23)12-13-26(25)31-14-16-32(17-15-31)28(34)21-7-2-1-3-8-21/h1-13,18-19H,14-17H2,(H,30,33). The minimum atomic E-state index is -0.178. The lowest BCUT2D eigenvalue weighted by Gasteiger charge is -2.36. The third kappa shape index (κ3) is 4.61. The Morgan fingerprint density at radius 1 is 0.706 bits per heavy atom. The lowest BCUT2D eigenvalue weighted by Crippen LogP contribution is -2.48. The molecule has 34 heavy (non-hydrogen) atoms. The number of nitrogens with one attached hydrogen (secondary N) is 1. The zero-order chi connectivity index (χ0) is 23.5. The van der Waals surface area contributed by atoms with Gasteiger partial charge in [-0.2, -0.15) is 0 Å². The van der Waals surface area contributed by atoms with E-state index in [1.54, 1.807) is 6.07 Å². The van der Waals surface area contributed by atoms with Crippen LogP contribution in [0.25, 0.3) is 10.8 Å². The number of hydrogen-bond acceptors (Lipinski definition) is 3. The van der Waals surface area contributed by atoms with E-state index in [2.05, 4.69) is 10.2 Å². The second-order valence-electron chi connectivity index (χ2n) is 8.33. The molecule has 1 N–H and O–H groups in total. The van der Waals surface area contributed by atoms with Gasteiger partial charge in [-0.15, -0.1) is 0 Å². The molecule has 0 aromatic heterocycles. The molecule has 2 amide bonds. The summed E-state index contributed by atoms with van der Waals surface area (Å²) >= 11 is 6.59. The Morgan fingerprint density at radius 2 is 1.41 bits per heavy atom. The van der Waals surface area contributed by atoms with Gasteiger partial charge < -0.3 is 15.1 Å². The van der Waals surface area contributed by atoms with Crippen LogP contribution in [-0.4, -0.2) is 42.9 Å². The molecule has 0 unspecified atom stereocenters. The molecule has 1 heterocycles. The number of amides is 2. The molecule has 0 saturated carbocycles. The molecule has 4 aromatic carbocycles. The number of hydrogen-bond donors (Lipinski definition) is 1. The van der Waals surface area contributed by atoms with Crippen LogP contribution in [-0.2, 0) is 0 Å². The highest BCUT2D eigenvalue weighted by Crippen LogP contribution is 2.30.